The smallest absolute Gasteiger partial charge is 0.218 e. The maximum absolute atomic E-state index is 11.0. The number of hydrogen-bond donors (Lipinski definition) is 0. The Morgan fingerprint density at radius 1 is 0.909 bits per heavy atom. The molecule has 0 aromatic rings. The van der Waals surface area contributed by atoms with Crippen molar-refractivity contribution in [3.63, 3.8) is 0 Å². The number of ketones is 1. The summed E-state index contributed by atoms with van der Waals surface area (Å²) in [6, 6.07) is 0. The fourth-order valence-corrected chi connectivity index (χ4v) is 1.24. The molecule has 58 valence electrons. The number of rotatable bonds is 0. The molecule has 0 aliphatic heterocycles. The number of carbonyl (C=O) groups excluding carboxylic acids is 1. The Hall–Kier alpha value is 0.310. The van der Waals surface area contributed by atoms with E-state index in [2.05, 4.69) is 6.42 Å². The van der Waals surface area contributed by atoms with Crippen LogP contribution in [0.2, 0.25) is 0 Å². The third-order valence-electron chi connectivity index (χ3n) is 1.00. The Morgan fingerprint density at radius 2 is 1.27 bits per heavy atom. The summed E-state index contributed by atoms with van der Waals surface area (Å²) in [7, 11) is 0. The molecule has 11 heavy (non-hydrogen) atoms. The van der Waals surface area contributed by atoms with Crippen molar-refractivity contribution in [3.05, 3.63) is 26.5 Å². The van der Waals surface area contributed by atoms with Crippen LogP contribution in [0.4, 0.5) is 0 Å². The predicted octanol–water partition coefficient (Wildman–Crippen LogP) is 3.03. The van der Waals surface area contributed by atoms with Gasteiger partial charge in [0.05, 0.1) is 16.5 Å². The van der Waals surface area contributed by atoms with Crippen LogP contribution in [-0.2, 0) is 4.79 Å². The summed E-state index contributed by atoms with van der Waals surface area (Å²) in [4.78, 5) is 11.0. The van der Waals surface area contributed by atoms with E-state index in [0.29, 0.717) is 0 Å². The van der Waals surface area contributed by atoms with Crippen LogP contribution in [-0.4, -0.2) is 5.78 Å². The summed E-state index contributed by atoms with van der Waals surface area (Å²) >= 11 is 21.8. The molecule has 0 saturated heterocycles. The molecular weight excluding hydrogens is 230 g/mol. The number of Topliss-reactive ketones (excluding diaryl/α,β-unsaturated/α-hetero) is 1. The zero-order valence-corrected chi connectivity index (χ0v) is 7.94. The molecule has 0 aromatic heterocycles. The van der Waals surface area contributed by atoms with Gasteiger partial charge >= 0.3 is 0 Å². The summed E-state index contributed by atoms with van der Waals surface area (Å²) < 4.78 is 0. The predicted molar refractivity (Wildman–Crippen MR) is 45.7 cm³/mol. The molecule has 0 spiro atoms. The van der Waals surface area contributed by atoms with Crippen LogP contribution in [0.3, 0.4) is 0 Å². The first-order valence-electron chi connectivity index (χ1n) is 2.46. The fraction of sp³-hybridized carbons (Fsp3) is 0. The van der Waals surface area contributed by atoms with E-state index in [-0.39, 0.29) is 20.1 Å². The highest BCUT2D eigenvalue weighted by Crippen LogP contribution is 2.34. The van der Waals surface area contributed by atoms with Crippen LogP contribution in [0.25, 0.3) is 0 Å². The van der Waals surface area contributed by atoms with Gasteiger partial charge in [-0.2, -0.15) is 0 Å². The Labute approximate surface area is 83.6 Å². The Bertz CT molecular complexity index is 250. The van der Waals surface area contributed by atoms with Gasteiger partial charge in [-0.15, -0.1) is 0 Å². The summed E-state index contributed by atoms with van der Waals surface area (Å²) in [6.45, 7) is 0. The Balaban J connectivity index is 3.09. The van der Waals surface area contributed by atoms with Crippen LogP contribution in [0.15, 0.2) is 20.1 Å². The summed E-state index contributed by atoms with van der Waals surface area (Å²) in [5.41, 5.74) is 0. The topological polar surface area (TPSA) is 17.1 Å². The molecule has 1 rings (SSSR count). The number of halogens is 4. The van der Waals surface area contributed by atoms with Gasteiger partial charge in [-0.1, -0.05) is 46.4 Å². The summed E-state index contributed by atoms with van der Waals surface area (Å²) in [5, 5.41) is -0.320. The molecule has 2 radical (unpaired) electrons. The first-order valence-corrected chi connectivity index (χ1v) is 3.97. The third-order valence-corrected chi connectivity index (χ3v) is 2.49. The molecule has 0 N–H and O–H groups in total. The van der Waals surface area contributed by atoms with E-state index in [1.165, 1.54) is 0 Å². The molecule has 0 heterocycles. The normalized spacial score (nSPS) is 19.8. The average molecular weight is 230 g/mol. The molecule has 0 unspecified atom stereocenters. The van der Waals surface area contributed by atoms with Crippen molar-refractivity contribution < 1.29 is 4.79 Å². The van der Waals surface area contributed by atoms with Crippen molar-refractivity contribution in [2.24, 2.45) is 0 Å². The SMILES string of the molecule is O=C1C(Cl)=C(Cl)[C]C(Cl)=C1Cl. The Morgan fingerprint density at radius 3 is 1.64 bits per heavy atom. The lowest BCUT2D eigenvalue weighted by Gasteiger charge is -2.08. The molecular formula is C6Cl4O. The van der Waals surface area contributed by atoms with E-state index in [1.54, 1.807) is 0 Å². The van der Waals surface area contributed by atoms with Gasteiger partial charge in [-0.25, -0.2) is 0 Å². The van der Waals surface area contributed by atoms with Crippen LogP contribution < -0.4 is 0 Å². The molecule has 5 heteroatoms. The molecule has 0 fully saturated rings. The maximum atomic E-state index is 11.0. The maximum Gasteiger partial charge on any atom is 0.218 e. The Kier molecular flexibility index (Phi) is 2.87. The van der Waals surface area contributed by atoms with Crippen molar-refractivity contribution >= 4 is 52.2 Å². The highest BCUT2D eigenvalue weighted by Gasteiger charge is 2.24. The zero-order valence-electron chi connectivity index (χ0n) is 4.92. The average Bonchev–Trinajstić information content (AvgIpc) is 1.97. The largest absolute Gasteiger partial charge is 0.287 e. The third kappa shape index (κ3) is 1.73. The second kappa shape index (κ2) is 3.36. The minimum absolute atomic E-state index is 0.00827. The van der Waals surface area contributed by atoms with Crippen molar-refractivity contribution in [1.82, 2.24) is 0 Å². The first kappa shape index (κ1) is 9.40. The van der Waals surface area contributed by atoms with Gasteiger partial charge < -0.3 is 0 Å². The molecule has 1 aliphatic carbocycles. The lowest BCUT2D eigenvalue weighted by atomic mass is 10.2. The monoisotopic (exact) mass is 228 g/mol. The standard InChI is InChI=1S/C6Cl4O/c7-2-1-3(8)5(10)6(11)4(2)9. The van der Waals surface area contributed by atoms with E-state index < -0.39 is 5.78 Å². The molecule has 0 bridgehead atoms. The number of allylic oxidation sites excluding steroid dienone is 4. The van der Waals surface area contributed by atoms with Crippen molar-refractivity contribution in [2.45, 2.75) is 0 Å². The molecule has 1 aliphatic rings. The highest BCUT2D eigenvalue weighted by atomic mass is 35.5. The van der Waals surface area contributed by atoms with Crippen LogP contribution in [0.1, 0.15) is 0 Å². The van der Waals surface area contributed by atoms with Crippen molar-refractivity contribution in [1.29, 1.82) is 0 Å². The molecule has 0 amide bonds. The lowest BCUT2D eigenvalue weighted by Crippen LogP contribution is -2.06. The quantitative estimate of drug-likeness (QED) is 0.624. The second-order valence-corrected chi connectivity index (χ2v) is 3.22. The van der Waals surface area contributed by atoms with E-state index in [4.69, 9.17) is 46.4 Å². The number of carbonyl (C=O) groups is 1. The van der Waals surface area contributed by atoms with E-state index in [9.17, 15) is 4.79 Å². The molecule has 0 atom stereocenters. The van der Waals surface area contributed by atoms with Gasteiger partial charge in [-0.05, 0) is 0 Å². The number of hydrogen-bond acceptors (Lipinski definition) is 1. The van der Waals surface area contributed by atoms with Crippen molar-refractivity contribution in [2.75, 3.05) is 0 Å². The van der Waals surface area contributed by atoms with E-state index in [0.717, 1.165) is 0 Å². The van der Waals surface area contributed by atoms with Crippen LogP contribution in [0.5, 0.6) is 0 Å². The highest BCUT2D eigenvalue weighted by molar-refractivity contribution is 6.61. The second-order valence-electron chi connectivity index (χ2n) is 1.71. The minimum atomic E-state index is -0.568. The molecule has 0 aromatic carbocycles. The molecule has 0 saturated carbocycles. The molecule has 1 nitrogen and oxygen atoms in total. The van der Waals surface area contributed by atoms with E-state index >= 15 is 0 Å². The van der Waals surface area contributed by atoms with Gasteiger partial charge in [0.2, 0.25) is 5.78 Å². The summed E-state index contributed by atoms with van der Waals surface area (Å²) in [5.74, 6) is -0.568. The van der Waals surface area contributed by atoms with Crippen LogP contribution in [0, 0.1) is 6.42 Å². The van der Waals surface area contributed by atoms with E-state index in [1.807, 2.05) is 0 Å². The van der Waals surface area contributed by atoms with Crippen LogP contribution >= 0.6 is 46.4 Å². The first-order chi connectivity index (χ1) is 5.04. The zero-order chi connectivity index (χ0) is 8.59. The minimum Gasteiger partial charge on any atom is -0.287 e. The van der Waals surface area contributed by atoms with Gasteiger partial charge in [0, 0.05) is 0 Å². The van der Waals surface area contributed by atoms with Gasteiger partial charge in [-0.3, -0.25) is 4.79 Å². The lowest BCUT2D eigenvalue weighted by molar-refractivity contribution is -0.111. The van der Waals surface area contributed by atoms with Gasteiger partial charge in [0.1, 0.15) is 10.1 Å². The van der Waals surface area contributed by atoms with Gasteiger partial charge in [0.15, 0.2) is 0 Å². The summed E-state index contributed by atoms with van der Waals surface area (Å²) in [6.07, 6.45) is 2.41. The van der Waals surface area contributed by atoms with Gasteiger partial charge in [0.25, 0.3) is 0 Å². The fourth-order valence-electron chi connectivity index (χ4n) is 0.502. The van der Waals surface area contributed by atoms with Crippen molar-refractivity contribution in [3.8, 4) is 0 Å².